The molecule has 0 saturated heterocycles. The molecule has 3 aromatic rings. The third-order valence-corrected chi connectivity index (χ3v) is 3.80. The van der Waals surface area contributed by atoms with E-state index in [1.165, 1.54) is 24.5 Å². The Labute approximate surface area is 150 Å². The molecule has 0 aliphatic carbocycles. The number of furan rings is 1. The summed E-state index contributed by atoms with van der Waals surface area (Å²) in [6.07, 6.45) is 2.68. The summed E-state index contributed by atoms with van der Waals surface area (Å²) < 4.78 is 6.85. The van der Waals surface area contributed by atoms with Crippen LogP contribution in [0.4, 0.5) is 11.5 Å². The van der Waals surface area contributed by atoms with Crippen molar-refractivity contribution in [3.05, 3.63) is 74.2 Å². The van der Waals surface area contributed by atoms with E-state index >= 15 is 0 Å². The van der Waals surface area contributed by atoms with Gasteiger partial charge in [0.25, 0.3) is 5.69 Å². The number of halogens is 1. The van der Waals surface area contributed by atoms with E-state index in [9.17, 15) is 10.1 Å². The van der Waals surface area contributed by atoms with Crippen LogP contribution in [-0.2, 0) is 0 Å². The number of hydrogen-bond acceptors (Lipinski definition) is 6. The number of nitro groups is 1. The van der Waals surface area contributed by atoms with Crippen molar-refractivity contribution in [2.75, 3.05) is 5.43 Å². The molecule has 0 unspecified atom stereocenters. The van der Waals surface area contributed by atoms with Crippen molar-refractivity contribution in [3.8, 4) is 11.3 Å². The van der Waals surface area contributed by atoms with Gasteiger partial charge in [-0.25, -0.2) is 4.98 Å². The van der Waals surface area contributed by atoms with Gasteiger partial charge in [0.1, 0.15) is 23.5 Å². The summed E-state index contributed by atoms with van der Waals surface area (Å²) in [7, 11) is 0. The lowest BCUT2D eigenvalue weighted by molar-refractivity contribution is -0.385. The summed E-state index contributed by atoms with van der Waals surface area (Å²) in [5, 5.41) is 14.6. The predicted octanol–water partition coefficient (Wildman–Crippen LogP) is 4.30. The van der Waals surface area contributed by atoms with Crippen molar-refractivity contribution in [3.63, 3.8) is 0 Å². The second-order valence-corrected chi connectivity index (χ2v) is 5.98. The van der Waals surface area contributed by atoms with Crippen molar-refractivity contribution in [1.29, 1.82) is 0 Å². The maximum absolute atomic E-state index is 10.6. The number of aromatic nitrogens is 1. The molecule has 0 fully saturated rings. The number of benzene rings is 1. The van der Waals surface area contributed by atoms with Gasteiger partial charge >= 0.3 is 0 Å². The first-order valence-electron chi connectivity index (χ1n) is 6.87. The summed E-state index contributed by atoms with van der Waals surface area (Å²) in [6.45, 7) is 0. The van der Waals surface area contributed by atoms with E-state index in [4.69, 9.17) is 4.42 Å². The quantitative estimate of drug-likeness (QED) is 0.280. The Morgan fingerprint density at radius 1 is 1.17 bits per heavy atom. The highest BCUT2D eigenvalue weighted by molar-refractivity contribution is 14.1. The molecular formula is C16H11IN4O3. The lowest BCUT2D eigenvalue weighted by Crippen LogP contribution is -1.94. The molecule has 1 aromatic carbocycles. The molecule has 0 saturated carbocycles. The smallest absolute Gasteiger partial charge is 0.287 e. The van der Waals surface area contributed by atoms with Crippen LogP contribution in [0.1, 0.15) is 5.76 Å². The molecule has 8 heteroatoms. The van der Waals surface area contributed by atoms with Gasteiger partial charge < -0.3 is 4.42 Å². The van der Waals surface area contributed by atoms with E-state index in [0.29, 0.717) is 11.6 Å². The van der Waals surface area contributed by atoms with Crippen LogP contribution in [0.5, 0.6) is 0 Å². The zero-order valence-electron chi connectivity index (χ0n) is 12.2. The standard InChI is InChI=1S/C16H11IN4O3/c17-12-3-1-11(2-4-12)15-7-6-14(24-15)10-19-20-16-8-5-13(9-18-16)21(22)23/h1-10H,(H,18,20)/b19-10+. The van der Waals surface area contributed by atoms with Crippen molar-refractivity contribution in [1.82, 2.24) is 4.98 Å². The van der Waals surface area contributed by atoms with E-state index in [-0.39, 0.29) is 5.69 Å². The molecule has 7 nitrogen and oxygen atoms in total. The zero-order chi connectivity index (χ0) is 16.9. The molecule has 0 atom stereocenters. The van der Waals surface area contributed by atoms with Crippen molar-refractivity contribution >= 4 is 40.3 Å². The number of hydrogen-bond donors (Lipinski definition) is 1. The molecule has 0 bridgehead atoms. The predicted molar refractivity (Wildman–Crippen MR) is 99.0 cm³/mol. The number of rotatable bonds is 5. The van der Waals surface area contributed by atoms with E-state index in [1.807, 2.05) is 36.4 Å². The van der Waals surface area contributed by atoms with Gasteiger partial charge in [-0.05, 0) is 52.9 Å². The Morgan fingerprint density at radius 3 is 2.62 bits per heavy atom. The normalized spacial score (nSPS) is 10.9. The van der Waals surface area contributed by atoms with Gasteiger partial charge in [0.2, 0.25) is 0 Å². The Balaban J connectivity index is 1.65. The van der Waals surface area contributed by atoms with Crippen LogP contribution in [0.2, 0.25) is 0 Å². The highest BCUT2D eigenvalue weighted by Gasteiger charge is 2.05. The minimum atomic E-state index is -0.505. The van der Waals surface area contributed by atoms with E-state index in [2.05, 4.69) is 38.1 Å². The third-order valence-electron chi connectivity index (χ3n) is 3.09. The molecule has 1 N–H and O–H groups in total. The topological polar surface area (TPSA) is 93.6 Å². The van der Waals surface area contributed by atoms with E-state index < -0.39 is 4.92 Å². The number of nitrogens with one attached hydrogen (secondary N) is 1. The highest BCUT2D eigenvalue weighted by Crippen LogP contribution is 2.22. The molecule has 2 aromatic heterocycles. The Bertz CT molecular complexity index is 873. The number of anilines is 1. The minimum absolute atomic E-state index is 0.0715. The summed E-state index contributed by atoms with van der Waals surface area (Å²) in [6, 6.07) is 14.5. The van der Waals surface area contributed by atoms with Crippen LogP contribution >= 0.6 is 22.6 Å². The Morgan fingerprint density at radius 2 is 1.96 bits per heavy atom. The van der Waals surface area contributed by atoms with Gasteiger partial charge in [-0.2, -0.15) is 5.10 Å². The fourth-order valence-electron chi connectivity index (χ4n) is 1.91. The second-order valence-electron chi connectivity index (χ2n) is 4.74. The lowest BCUT2D eigenvalue weighted by atomic mass is 10.2. The summed E-state index contributed by atoms with van der Waals surface area (Å²) in [4.78, 5) is 13.9. The van der Waals surface area contributed by atoms with E-state index in [1.54, 1.807) is 0 Å². The molecule has 0 amide bonds. The average Bonchev–Trinajstić information content (AvgIpc) is 3.05. The molecule has 0 spiro atoms. The molecule has 3 rings (SSSR count). The highest BCUT2D eigenvalue weighted by atomic mass is 127. The lowest BCUT2D eigenvalue weighted by Gasteiger charge is -1.98. The van der Waals surface area contributed by atoms with Crippen LogP contribution in [-0.4, -0.2) is 16.1 Å². The summed E-state index contributed by atoms with van der Waals surface area (Å²) >= 11 is 2.25. The van der Waals surface area contributed by atoms with Crippen LogP contribution < -0.4 is 5.43 Å². The minimum Gasteiger partial charge on any atom is -0.455 e. The van der Waals surface area contributed by atoms with Gasteiger partial charge in [0.15, 0.2) is 0 Å². The molecule has 120 valence electrons. The Kier molecular flexibility index (Phi) is 4.85. The summed E-state index contributed by atoms with van der Waals surface area (Å²) in [5.41, 5.74) is 3.61. The molecular weight excluding hydrogens is 423 g/mol. The number of hydrazone groups is 1. The number of pyridine rings is 1. The summed E-state index contributed by atoms with van der Waals surface area (Å²) in [5.74, 6) is 1.74. The zero-order valence-corrected chi connectivity index (χ0v) is 14.4. The second kappa shape index (κ2) is 7.21. The van der Waals surface area contributed by atoms with Gasteiger partial charge in [0, 0.05) is 15.2 Å². The van der Waals surface area contributed by atoms with Gasteiger partial charge in [0.05, 0.1) is 11.1 Å². The average molecular weight is 434 g/mol. The first-order chi connectivity index (χ1) is 11.6. The fraction of sp³-hybridized carbons (Fsp3) is 0. The number of nitrogens with zero attached hydrogens (tertiary/aromatic N) is 3. The first-order valence-corrected chi connectivity index (χ1v) is 7.95. The van der Waals surface area contributed by atoms with E-state index in [0.717, 1.165) is 14.9 Å². The molecule has 24 heavy (non-hydrogen) atoms. The van der Waals surface area contributed by atoms with Gasteiger partial charge in [-0.1, -0.05) is 12.1 Å². The van der Waals surface area contributed by atoms with Crippen LogP contribution in [0.15, 0.2) is 64.2 Å². The third kappa shape index (κ3) is 3.96. The Hall–Kier alpha value is -2.75. The van der Waals surface area contributed by atoms with Crippen molar-refractivity contribution in [2.24, 2.45) is 5.10 Å². The van der Waals surface area contributed by atoms with Crippen LogP contribution in [0, 0.1) is 13.7 Å². The van der Waals surface area contributed by atoms with Gasteiger partial charge in [-0.3, -0.25) is 15.5 Å². The van der Waals surface area contributed by atoms with Crippen molar-refractivity contribution in [2.45, 2.75) is 0 Å². The SMILES string of the molecule is O=[N+]([O-])c1ccc(N/N=C/c2ccc(-c3ccc(I)cc3)o2)nc1. The first kappa shape index (κ1) is 16.1. The van der Waals surface area contributed by atoms with Crippen molar-refractivity contribution < 1.29 is 9.34 Å². The molecule has 0 aliphatic rings. The maximum Gasteiger partial charge on any atom is 0.287 e. The molecule has 0 radical (unpaired) electrons. The monoisotopic (exact) mass is 434 g/mol. The molecule has 2 heterocycles. The largest absolute Gasteiger partial charge is 0.455 e. The van der Waals surface area contributed by atoms with Crippen LogP contribution in [0.25, 0.3) is 11.3 Å². The molecule has 0 aliphatic heterocycles. The maximum atomic E-state index is 10.6. The fourth-order valence-corrected chi connectivity index (χ4v) is 2.27. The van der Waals surface area contributed by atoms with Gasteiger partial charge in [-0.15, -0.1) is 0 Å². The van der Waals surface area contributed by atoms with Crippen LogP contribution in [0.3, 0.4) is 0 Å².